The van der Waals surface area contributed by atoms with Gasteiger partial charge in [0.25, 0.3) is 0 Å². The molecule has 8 nitrogen and oxygen atoms in total. The molecule has 8 heteroatoms. The standard InChI is InChI=1S/C41H76O8/c1-5-7-8-15-23-33(42)29-38-36(48-38)26-17-12-10-14-19-28-41(45)47-35(6-2)31-46-40(44)27-18-13-9-11-16-25-37-39(49-37)30-34(43)24-21-20-22-32(3)4/h32-39,42-43H,5-31H2,1-4H3. The van der Waals surface area contributed by atoms with Gasteiger partial charge in [-0.15, -0.1) is 0 Å². The van der Waals surface area contributed by atoms with Crippen LogP contribution in [-0.2, 0) is 28.5 Å². The van der Waals surface area contributed by atoms with Gasteiger partial charge in [0.15, 0.2) is 0 Å². The van der Waals surface area contributed by atoms with Crippen LogP contribution in [0.5, 0.6) is 0 Å². The van der Waals surface area contributed by atoms with E-state index in [2.05, 4.69) is 20.8 Å². The second kappa shape index (κ2) is 27.4. The minimum atomic E-state index is -0.378. The number of unbranched alkanes of at least 4 members (excludes halogenated alkanes) is 12. The van der Waals surface area contributed by atoms with Crippen molar-refractivity contribution in [2.24, 2.45) is 5.92 Å². The molecule has 0 bridgehead atoms. The van der Waals surface area contributed by atoms with Crippen LogP contribution in [0, 0.1) is 5.92 Å². The van der Waals surface area contributed by atoms with Gasteiger partial charge in [0.1, 0.15) is 12.7 Å². The second-order valence-electron chi connectivity index (χ2n) is 15.5. The molecule has 0 saturated carbocycles. The number of carbonyl (C=O) groups is 2. The zero-order valence-corrected chi connectivity index (χ0v) is 32.1. The van der Waals surface area contributed by atoms with Crippen molar-refractivity contribution in [3.8, 4) is 0 Å². The summed E-state index contributed by atoms with van der Waals surface area (Å²) in [5.74, 6) is 0.315. The largest absolute Gasteiger partial charge is 0.462 e. The van der Waals surface area contributed by atoms with E-state index in [1.54, 1.807) is 0 Å². The summed E-state index contributed by atoms with van der Waals surface area (Å²) in [4.78, 5) is 24.5. The number of esters is 2. The van der Waals surface area contributed by atoms with Crippen LogP contribution in [-0.4, -0.2) is 71.5 Å². The lowest BCUT2D eigenvalue weighted by Crippen LogP contribution is -2.24. The molecule has 0 spiro atoms. The van der Waals surface area contributed by atoms with Crippen LogP contribution >= 0.6 is 0 Å². The molecule has 2 saturated heterocycles. The summed E-state index contributed by atoms with van der Waals surface area (Å²) in [5.41, 5.74) is 0. The van der Waals surface area contributed by atoms with Gasteiger partial charge in [0.05, 0.1) is 36.6 Å². The Balaban J connectivity index is 1.35. The Kier molecular flexibility index (Phi) is 24.6. The smallest absolute Gasteiger partial charge is 0.306 e. The van der Waals surface area contributed by atoms with Crippen LogP contribution in [0.2, 0.25) is 0 Å². The van der Waals surface area contributed by atoms with E-state index in [1.807, 2.05) is 6.92 Å². The maximum atomic E-state index is 12.3. The molecule has 7 unspecified atom stereocenters. The fourth-order valence-corrected chi connectivity index (χ4v) is 6.82. The van der Waals surface area contributed by atoms with E-state index in [0.29, 0.717) is 31.5 Å². The number of carbonyl (C=O) groups excluding carboxylic acids is 2. The third-order valence-electron chi connectivity index (χ3n) is 10.3. The maximum absolute atomic E-state index is 12.3. The molecule has 0 aliphatic carbocycles. The number of aliphatic hydroxyl groups excluding tert-OH is 2. The Morgan fingerprint density at radius 3 is 1.59 bits per heavy atom. The molecule has 0 aromatic carbocycles. The molecule has 0 radical (unpaired) electrons. The van der Waals surface area contributed by atoms with Gasteiger partial charge in [-0.25, -0.2) is 0 Å². The van der Waals surface area contributed by atoms with Crippen LogP contribution in [0.4, 0.5) is 0 Å². The molecule has 2 aliphatic rings. The summed E-state index contributed by atoms with van der Waals surface area (Å²) in [6.07, 6.45) is 25.9. The molecular formula is C41H76O8. The van der Waals surface area contributed by atoms with E-state index < -0.39 is 0 Å². The third-order valence-corrected chi connectivity index (χ3v) is 10.3. The first kappa shape index (κ1) is 43.9. The monoisotopic (exact) mass is 697 g/mol. The lowest BCUT2D eigenvalue weighted by Gasteiger charge is -2.16. The minimum Gasteiger partial charge on any atom is -0.462 e. The quantitative estimate of drug-likeness (QED) is 0.0388. The Labute approximate surface area is 300 Å². The lowest BCUT2D eigenvalue weighted by molar-refractivity contribution is -0.159. The summed E-state index contributed by atoms with van der Waals surface area (Å²) in [5, 5.41) is 20.4. The van der Waals surface area contributed by atoms with Crippen molar-refractivity contribution in [3.63, 3.8) is 0 Å². The topological polar surface area (TPSA) is 118 Å². The Morgan fingerprint density at radius 1 is 0.592 bits per heavy atom. The summed E-state index contributed by atoms with van der Waals surface area (Å²) < 4.78 is 22.5. The van der Waals surface area contributed by atoms with Gasteiger partial charge >= 0.3 is 11.9 Å². The molecule has 2 rings (SSSR count). The first-order valence-electron chi connectivity index (χ1n) is 20.7. The number of hydrogen-bond acceptors (Lipinski definition) is 8. The van der Waals surface area contributed by atoms with Crippen LogP contribution in [0.25, 0.3) is 0 Å². The molecule has 0 aromatic heterocycles. The number of hydrogen-bond donors (Lipinski definition) is 2. The number of aliphatic hydroxyl groups is 2. The fourth-order valence-electron chi connectivity index (χ4n) is 6.82. The molecule has 7 atom stereocenters. The normalized spacial score (nSPS) is 21.8. The van der Waals surface area contributed by atoms with Crippen LogP contribution in [0.1, 0.15) is 195 Å². The summed E-state index contributed by atoms with van der Waals surface area (Å²) in [6.45, 7) is 8.77. The molecule has 288 valence electrons. The molecule has 0 amide bonds. The predicted molar refractivity (Wildman–Crippen MR) is 196 cm³/mol. The van der Waals surface area contributed by atoms with Crippen molar-refractivity contribution >= 4 is 11.9 Å². The summed E-state index contributed by atoms with van der Waals surface area (Å²) in [7, 11) is 0. The first-order valence-corrected chi connectivity index (χ1v) is 20.7. The van der Waals surface area contributed by atoms with Gasteiger partial charge in [-0.3, -0.25) is 9.59 Å². The predicted octanol–water partition coefficient (Wildman–Crippen LogP) is 9.54. The van der Waals surface area contributed by atoms with E-state index in [-0.39, 0.29) is 49.1 Å². The molecule has 2 heterocycles. The van der Waals surface area contributed by atoms with E-state index in [4.69, 9.17) is 18.9 Å². The molecule has 2 aliphatic heterocycles. The van der Waals surface area contributed by atoms with E-state index in [1.165, 1.54) is 32.1 Å². The Morgan fingerprint density at radius 2 is 1.06 bits per heavy atom. The Bertz CT molecular complexity index is 834. The van der Waals surface area contributed by atoms with Gasteiger partial charge in [-0.05, 0) is 50.9 Å². The summed E-state index contributed by atoms with van der Waals surface area (Å²) in [6, 6.07) is 0. The van der Waals surface area contributed by atoms with Crippen molar-refractivity contribution in [2.75, 3.05) is 6.61 Å². The highest BCUT2D eigenvalue weighted by Gasteiger charge is 2.39. The SMILES string of the molecule is CCCCCCC(O)CC1OC1CCCCCCCC(=O)OC(CC)COC(=O)CCCCCCCC1OC1CC(O)CCCCC(C)C. The average molecular weight is 697 g/mol. The molecule has 0 aromatic rings. The highest BCUT2D eigenvalue weighted by molar-refractivity contribution is 5.70. The van der Waals surface area contributed by atoms with Crippen LogP contribution < -0.4 is 0 Å². The highest BCUT2D eigenvalue weighted by Crippen LogP contribution is 2.33. The van der Waals surface area contributed by atoms with Crippen molar-refractivity contribution in [1.82, 2.24) is 0 Å². The van der Waals surface area contributed by atoms with Gasteiger partial charge in [0, 0.05) is 25.7 Å². The molecule has 2 N–H and O–H groups in total. The third kappa shape index (κ3) is 23.8. The number of epoxide rings is 2. The van der Waals surface area contributed by atoms with E-state index in [0.717, 1.165) is 121 Å². The van der Waals surface area contributed by atoms with Gasteiger partial charge in [-0.1, -0.05) is 124 Å². The summed E-state index contributed by atoms with van der Waals surface area (Å²) >= 11 is 0. The van der Waals surface area contributed by atoms with E-state index in [9.17, 15) is 19.8 Å². The number of rotatable bonds is 34. The van der Waals surface area contributed by atoms with Gasteiger partial charge < -0.3 is 29.2 Å². The van der Waals surface area contributed by atoms with Crippen LogP contribution in [0.15, 0.2) is 0 Å². The minimum absolute atomic E-state index is 0.135. The number of ether oxygens (including phenoxy) is 4. The molecular weight excluding hydrogens is 620 g/mol. The van der Waals surface area contributed by atoms with Crippen molar-refractivity contribution in [2.45, 2.75) is 237 Å². The molecule has 49 heavy (non-hydrogen) atoms. The lowest BCUT2D eigenvalue weighted by atomic mass is 10.0. The average Bonchev–Trinajstić information content (AvgIpc) is 3.99. The zero-order chi connectivity index (χ0) is 35.7. The first-order chi connectivity index (χ1) is 23.7. The van der Waals surface area contributed by atoms with Gasteiger partial charge in [-0.2, -0.15) is 0 Å². The highest BCUT2D eigenvalue weighted by atomic mass is 16.6. The second-order valence-corrected chi connectivity index (χ2v) is 15.5. The van der Waals surface area contributed by atoms with Crippen molar-refractivity contribution < 1.29 is 38.7 Å². The van der Waals surface area contributed by atoms with Crippen molar-refractivity contribution in [3.05, 3.63) is 0 Å². The maximum Gasteiger partial charge on any atom is 0.306 e. The van der Waals surface area contributed by atoms with E-state index >= 15 is 0 Å². The fraction of sp³-hybridized carbons (Fsp3) is 0.951. The zero-order valence-electron chi connectivity index (χ0n) is 32.1. The Hall–Kier alpha value is -1.22. The molecule has 2 fully saturated rings. The van der Waals surface area contributed by atoms with Crippen molar-refractivity contribution in [1.29, 1.82) is 0 Å². The van der Waals surface area contributed by atoms with Gasteiger partial charge in [0.2, 0.25) is 0 Å². The van der Waals surface area contributed by atoms with Crippen LogP contribution in [0.3, 0.4) is 0 Å².